The van der Waals surface area contributed by atoms with E-state index in [2.05, 4.69) is 16.0 Å². The maximum absolute atomic E-state index is 12.6. The van der Waals surface area contributed by atoms with Gasteiger partial charge in [-0.15, -0.1) is 0 Å². The van der Waals surface area contributed by atoms with E-state index < -0.39 is 12.1 Å². The minimum Gasteiger partial charge on any atom is -0.342 e. The number of benzene rings is 1. The molecule has 2 saturated heterocycles. The summed E-state index contributed by atoms with van der Waals surface area (Å²) in [4.78, 5) is 38.7. The third-order valence-electron chi connectivity index (χ3n) is 4.65. The zero-order chi connectivity index (χ0) is 18.8. The van der Waals surface area contributed by atoms with Crippen LogP contribution in [0.15, 0.2) is 24.3 Å². The Morgan fingerprint density at radius 1 is 1.31 bits per heavy atom. The minimum absolute atomic E-state index is 0.0642. The van der Waals surface area contributed by atoms with Gasteiger partial charge in [-0.1, -0.05) is 25.4 Å². The molecule has 4 amide bonds. The number of piperazine rings is 1. The molecule has 140 valence electrons. The van der Waals surface area contributed by atoms with E-state index in [1.165, 1.54) is 0 Å². The van der Waals surface area contributed by atoms with Crippen LogP contribution in [0.1, 0.15) is 26.7 Å². The number of nitrogens with zero attached hydrogens (tertiary/aromatic N) is 1. The Hall–Kier alpha value is -2.28. The number of anilines is 1. The number of amides is 4. The van der Waals surface area contributed by atoms with Gasteiger partial charge in [-0.2, -0.15) is 0 Å². The number of fused-ring (bicyclic) bond motifs is 1. The lowest BCUT2D eigenvalue weighted by atomic mass is 9.99. The lowest BCUT2D eigenvalue weighted by molar-refractivity contribution is -0.147. The van der Waals surface area contributed by atoms with Crippen LogP contribution in [0, 0.1) is 5.92 Å². The summed E-state index contributed by atoms with van der Waals surface area (Å²) in [7, 11) is 0. The van der Waals surface area contributed by atoms with Crippen molar-refractivity contribution in [1.29, 1.82) is 0 Å². The van der Waals surface area contributed by atoms with Gasteiger partial charge in [0, 0.05) is 17.3 Å². The van der Waals surface area contributed by atoms with Crippen molar-refractivity contribution in [3.63, 3.8) is 0 Å². The topological polar surface area (TPSA) is 90.5 Å². The minimum atomic E-state index is -0.508. The van der Waals surface area contributed by atoms with Crippen LogP contribution in [0.5, 0.6) is 0 Å². The van der Waals surface area contributed by atoms with Gasteiger partial charge in [0.1, 0.15) is 12.1 Å². The van der Waals surface area contributed by atoms with Gasteiger partial charge in [0.25, 0.3) is 0 Å². The Bertz CT molecular complexity index is 707. The molecule has 0 saturated carbocycles. The number of halogens is 1. The summed E-state index contributed by atoms with van der Waals surface area (Å²) in [5, 5.41) is 8.96. The largest absolute Gasteiger partial charge is 0.342 e. The SMILES string of the molecule is CC(C)C[C@@H]1NC(=O)[C@@H]2C[C@H](NC(=O)Nc3ccc(Cl)cc3)CN2C1=O. The van der Waals surface area contributed by atoms with E-state index in [1.54, 1.807) is 29.2 Å². The third kappa shape index (κ3) is 4.09. The van der Waals surface area contributed by atoms with E-state index >= 15 is 0 Å². The van der Waals surface area contributed by atoms with E-state index in [4.69, 9.17) is 11.6 Å². The standard InChI is InChI=1S/C18H23ClN4O3/c1-10(2)7-14-17(25)23-9-13(8-15(23)16(24)22-14)21-18(26)20-12-5-3-11(19)4-6-12/h3-6,10,13-15H,7-9H2,1-2H3,(H,22,24)(H2,20,21,26)/t13-,14-,15-/m0/s1. The molecule has 7 nitrogen and oxygen atoms in total. The Balaban J connectivity index is 1.58. The zero-order valence-electron chi connectivity index (χ0n) is 14.8. The number of hydrogen-bond donors (Lipinski definition) is 3. The predicted octanol–water partition coefficient (Wildman–Crippen LogP) is 1.98. The van der Waals surface area contributed by atoms with E-state index in [0.29, 0.717) is 36.0 Å². The average molecular weight is 379 g/mol. The highest BCUT2D eigenvalue weighted by atomic mass is 35.5. The Morgan fingerprint density at radius 2 is 2.00 bits per heavy atom. The molecule has 0 aromatic heterocycles. The number of rotatable bonds is 4. The van der Waals surface area contributed by atoms with Crippen molar-refractivity contribution < 1.29 is 14.4 Å². The molecule has 2 heterocycles. The van der Waals surface area contributed by atoms with Crippen LogP contribution >= 0.6 is 11.6 Å². The molecule has 2 fully saturated rings. The van der Waals surface area contributed by atoms with Crippen molar-refractivity contribution in [3.05, 3.63) is 29.3 Å². The highest BCUT2D eigenvalue weighted by molar-refractivity contribution is 6.30. The monoisotopic (exact) mass is 378 g/mol. The summed E-state index contributed by atoms with van der Waals surface area (Å²) in [6.07, 6.45) is 1.03. The lowest BCUT2D eigenvalue weighted by Crippen LogP contribution is -2.61. The number of hydrogen-bond acceptors (Lipinski definition) is 3. The van der Waals surface area contributed by atoms with Crippen molar-refractivity contribution >= 4 is 35.1 Å². The second kappa shape index (κ2) is 7.53. The summed E-state index contributed by atoms with van der Waals surface area (Å²) in [5.74, 6) is 0.103. The van der Waals surface area contributed by atoms with Crippen LogP contribution in [0.3, 0.4) is 0 Å². The number of urea groups is 1. The molecule has 0 bridgehead atoms. The van der Waals surface area contributed by atoms with Gasteiger partial charge in [0.05, 0.1) is 6.04 Å². The fraction of sp³-hybridized carbons (Fsp3) is 0.500. The normalized spacial score (nSPS) is 25.1. The Morgan fingerprint density at radius 3 is 2.65 bits per heavy atom. The number of carbonyl (C=O) groups is 3. The third-order valence-corrected chi connectivity index (χ3v) is 4.90. The molecule has 1 aromatic carbocycles. The Labute approximate surface area is 157 Å². The van der Waals surface area contributed by atoms with Crippen LogP contribution in [-0.2, 0) is 9.59 Å². The van der Waals surface area contributed by atoms with E-state index in [9.17, 15) is 14.4 Å². The Kier molecular flexibility index (Phi) is 5.36. The van der Waals surface area contributed by atoms with Gasteiger partial charge in [-0.3, -0.25) is 9.59 Å². The molecule has 1 aromatic rings. The van der Waals surface area contributed by atoms with Gasteiger partial charge < -0.3 is 20.9 Å². The van der Waals surface area contributed by atoms with Gasteiger partial charge in [0.15, 0.2) is 0 Å². The maximum Gasteiger partial charge on any atom is 0.319 e. The first-order chi connectivity index (χ1) is 12.3. The lowest BCUT2D eigenvalue weighted by Gasteiger charge is -2.35. The highest BCUT2D eigenvalue weighted by Gasteiger charge is 2.46. The van der Waals surface area contributed by atoms with Crippen LogP contribution in [0.4, 0.5) is 10.5 Å². The summed E-state index contributed by atoms with van der Waals surface area (Å²) in [5.41, 5.74) is 0.619. The van der Waals surface area contributed by atoms with Crippen LogP contribution in [0.25, 0.3) is 0 Å². The smallest absolute Gasteiger partial charge is 0.319 e. The van der Waals surface area contributed by atoms with Gasteiger partial charge in [-0.25, -0.2) is 4.79 Å². The first-order valence-electron chi connectivity index (χ1n) is 8.77. The molecule has 3 atom stereocenters. The fourth-order valence-electron chi connectivity index (χ4n) is 3.48. The number of nitrogens with one attached hydrogen (secondary N) is 3. The first kappa shape index (κ1) is 18.5. The van der Waals surface area contributed by atoms with Crippen LogP contribution in [0.2, 0.25) is 5.02 Å². The molecule has 2 aliphatic heterocycles. The molecule has 0 spiro atoms. The fourth-order valence-corrected chi connectivity index (χ4v) is 3.61. The van der Waals surface area contributed by atoms with E-state index in [-0.39, 0.29) is 23.9 Å². The zero-order valence-corrected chi connectivity index (χ0v) is 15.5. The van der Waals surface area contributed by atoms with Gasteiger partial charge >= 0.3 is 6.03 Å². The molecule has 3 rings (SSSR count). The van der Waals surface area contributed by atoms with Crippen molar-refractivity contribution in [2.75, 3.05) is 11.9 Å². The molecule has 0 radical (unpaired) electrons. The van der Waals surface area contributed by atoms with Crippen molar-refractivity contribution in [3.8, 4) is 0 Å². The predicted molar refractivity (Wildman–Crippen MR) is 98.9 cm³/mol. The second-order valence-electron chi connectivity index (χ2n) is 7.24. The molecule has 0 unspecified atom stereocenters. The highest BCUT2D eigenvalue weighted by Crippen LogP contribution is 2.25. The quantitative estimate of drug-likeness (QED) is 0.748. The molecule has 8 heteroatoms. The van der Waals surface area contributed by atoms with Crippen LogP contribution < -0.4 is 16.0 Å². The van der Waals surface area contributed by atoms with Crippen molar-refractivity contribution in [1.82, 2.24) is 15.5 Å². The first-order valence-corrected chi connectivity index (χ1v) is 9.15. The van der Waals surface area contributed by atoms with Crippen LogP contribution in [-0.4, -0.2) is 47.4 Å². The second-order valence-corrected chi connectivity index (χ2v) is 7.67. The van der Waals surface area contributed by atoms with Gasteiger partial charge in [-0.05, 0) is 43.0 Å². The molecular weight excluding hydrogens is 356 g/mol. The van der Waals surface area contributed by atoms with Gasteiger partial charge in [0.2, 0.25) is 11.8 Å². The van der Waals surface area contributed by atoms with Crippen molar-refractivity contribution in [2.24, 2.45) is 5.92 Å². The average Bonchev–Trinajstić information content (AvgIpc) is 2.98. The summed E-state index contributed by atoms with van der Waals surface area (Å²) < 4.78 is 0. The molecule has 26 heavy (non-hydrogen) atoms. The summed E-state index contributed by atoms with van der Waals surface area (Å²) in [6.45, 7) is 4.38. The summed E-state index contributed by atoms with van der Waals surface area (Å²) in [6, 6.07) is 5.16. The molecule has 0 aliphatic carbocycles. The van der Waals surface area contributed by atoms with E-state index in [0.717, 1.165) is 0 Å². The maximum atomic E-state index is 12.6. The number of carbonyl (C=O) groups excluding carboxylic acids is 3. The molecule has 3 N–H and O–H groups in total. The molecule has 2 aliphatic rings. The van der Waals surface area contributed by atoms with E-state index in [1.807, 2.05) is 13.8 Å². The van der Waals surface area contributed by atoms with Crippen molar-refractivity contribution in [2.45, 2.75) is 44.8 Å². The summed E-state index contributed by atoms with van der Waals surface area (Å²) >= 11 is 5.82. The molecular formula is C18H23ClN4O3.